The molecular formula is C14H11BrN2S. The number of benzene rings is 1. The number of rotatable bonds is 3. The van der Waals surface area contributed by atoms with Gasteiger partial charge in [0.2, 0.25) is 0 Å². The Balaban J connectivity index is 1.92. The topological polar surface area (TPSA) is 24.9 Å². The summed E-state index contributed by atoms with van der Waals surface area (Å²) in [4.78, 5) is 4.47. The minimum absolute atomic E-state index is 0.834. The van der Waals surface area contributed by atoms with Gasteiger partial charge in [0.05, 0.1) is 11.2 Å². The van der Waals surface area contributed by atoms with Crippen molar-refractivity contribution in [3.8, 4) is 0 Å². The summed E-state index contributed by atoms with van der Waals surface area (Å²) >= 11 is 5.16. The van der Waals surface area contributed by atoms with Gasteiger partial charge in [-0.05, 0) is 50.5 Å². The SMILES string of the molecule is Brc1cnc2c(NCc3ccsc3)cccc2c1. The fraction of sp³-hybridized carbons (Fsp3) is 0.0714. The third-order valence-electron chi connectivity index (χ3n) is 2.74. The van der Waals surface area contributed by atoms with Crippen molar-refractivity contribution in [1.82, 2.24) is 4.98 Å². The van der Waals surface area contributed by atoms with Gasteiger partial charge in [-0.2, -0.15) is 11.3 Å². The zero-order valence-electron chi connectivity index (χ0n) is 9.56. The summed E-state index contributed by atoms with van der Waals surface area (Å²) < 4.78 is 1.00. The summed E-state index contributed by atoms with van der Waals surface area (Å²) in [5, 5.41) is 8.82. The maximum atomic E-state index is 4.47. The molecule has 1 N–H and O–H groups in total. The third-order valence-corrected chi connectivity index (χ3v) is 3.91. The number of halogens is 1. The minimum Gasteiger partial charge on any atom is -0.379 e. The molecule has 0 atom stereocenters. The van der Waals surface area contributed by atoms with Crippen LogP contribution < -0.4 is 5.32 Å². The molecule has 0 aliphatic rings. The van der Waals surface area contributed by atoms with Crippen LogP contribution in [0.2, 0.25) is 0 Å². The highest BCUT2D eigenvalue weighted by Crippen LogP contribution is 2.24. The van der Waals surface area contributed by atoms with E-state index in [2.05, 4.69) is 61.3 Å². The number of hydrogen-bond donors (Lipinski definition) is 1. The average Bonchev–Trinajstić information content (AvgIpc) is 2.89. The van der Waals surface area contributed by atoms with Crippen molar-refractivity contribution in [2.75, 3.05) is 5.32 Å². The van der Waals surface area contributed by atoms with Crippen LogP contribution in [0.5, 0.6) is 0 Å². The van der Waals surface area contributed by atoms with Gasteiger partial charge in [-0.3, -0.25) is 4.98 Å². The number of fused-ring (bicyclic) bond motifs is 1. The standard InChI is InChI=1S/C14H11BrN2S/c15-12-6-11-2-1-3-13(14(11)17-8-12)16-7-10-4-5-18-9-10/h1-6,8-9,16H,7H2. The van der Waals surface area contributed by atoms with Crippen LogP contribution in [0.4, 0.5) is 5.69 Å². The first-order chi connectivity index (χ1) is 8.83. The largest absolute Gasteiger partial charge is 0.379 e. The Hall–Kier alpha value is -1.39. The van der Waals surface area contributed by atoms with Crippen molar-refractivity contribution in [2.45, 2.75) is 6.54 Å². The smallest absolute Gasteiger partial charge is 0.0934 e. The van der Waals surface area contributed by atoms with Gasteiger partial charge in [0, 0.05) is 22.6 Å². The van der Waals surface area contributed by atoms with Crippen LogP contribution in [0, 0.1) is 0 Å². The molecule has 1 aromatic carbocycles. The van der Waals surface area contributed by atoms with Crippen LogP contribution in [0.25, 0.3) is 10.9 Å². The molecule has 0 saturated carbocycles. The number of pyridine rings is 1. The number of para-hydroxylation sites is 1. The Morgan fingerprint density at radius 2 is 2.22 bits per heavy atom. The second-order valence-electron chi connectivity index (χ2n) is 4.02. The van der Waals surface area contributed by atoms with Crippen molar-refractivity contribution in [1.29, 1.82) is 0 Å². The predicted octanol–water partition coefficient (Wildman–Crippen LogP) is 4.67. The van der Waals surface area contributed by atoms with Crippen LogP contribution in [0.15, 0.2) is 51.8 Å². The Morgan fingerprint density at radius 3 is 3.06 bits per heavy atom. The number of anilines is 1. The van der Waals surface area contributed by atoms with Crippen molar-refractivity contribution in [2.24, 2.45) is 0 Å². The predicted molar refractivity (Wildman–Crippen MR) is 81.1 cm³/mol. The first-order valence-electron chi connectivity index (χ1n) is 5.62. The Kier molecular flexibility index (Phi) is 3.30. The van der Waals surface area contributed by atoms with E-state index >= 15 is 0 Å². The molecule has 4 heteroatoms. The monoisotopic (exact) mass is 318 g/mol. The van der Waals surface area contributed by atoms with Gasteiger partial charge in [0.15, 0.2) is 0 Å². The summed E-state index contributed by atoms with van der Waals surface area (Å²) in [5.74, 6) is 0. The molecule has 3 rings (SSSR count). The van der Waals surface area contributed by atoms with E-state index in [1.165, 1.54) is 5.56 Å². The Morgan fingerprint density at radius 1 is 1.28 bits per heavy atom. The molecule has 90 valence electrons. The van der Waals surface area contributed by atoms with Gasteiger partial charge in [-0.1, -0.05) is 12.1 Å². The fourth-order valence-electron chi connectivity index (χ4n) is 1.87. The first-order valence-corrected chi connectivity index (χ1v) is 7.36. The molecule has 2 nitrogen and oxygen atoms in total. The maximum absolute atomic E-state index is 4.47. The van der Waals surface area contributed by atoms with Crippen LogP contribution in [-0.4, -0.2) is 4.98 Å². The van der Waals surface area contributed by atoms with Crippen molar-refractivity contribution in [3.05, 3.63) is 57.3 Å². The Labute approximate surface area is 118 Å². The lowest BCUT2D eigenvalue weighted by Crippen LogP contribution is -1.99. The van der Waals surface area contributed by atoms with Gasteiger partial charge in [-0.25, -0.2) is 0 Å². The lowest BCUT2D eigenvalue weighted by Gasteiger charge is -2.08. The van der Waals surface area contributed by atoms with Gasteiger partial charge in [0.1, 0.15) is 0 Å². The van der Waals surface area contributed by atoms with Crippen LogP contribution in [0.3, 0.4) is 0 Å². The zero-order valence-corrected chi connectivity index (χ0v) is 12.0. The molecule has 3 aromatic rings. The van der Waals surface area contributed by atoms with E-state index in [4.69, 9.17) is 0 Å². The molecule has 18 heavy (non-hydrogen) atoms. The van der Waals surface area contributed by atoms with Crippen molar-refractivity contribution in [3.63, 3.8) is 0 Å². The van der Waals surface area contributed by atoms with Crippen LogP contribution in [-0.2, 0) is 6.54 Å². The van der Waals surface area contributed by atoms with Gasteiger partial charge < -0.3 is 5.32 Å². The van der Waals surface area contributed by atoms with E-state index in [1.807, 2.05) is 12.3 Å². The average molecular weight is 319 g/mol. The molecule has 0 bridgehead atoms. The van der Waals surface area contributed by atoms with E-state index in [-0.39, 0.29) is 0 Å². The molecular weight excluding hydrogens is 308 g/mol. The second kappa shape index (κ2) is 5.08. The molecule has 0 fully saturated rings. The number of aromatic nitrogens is 1. The molecule has 0 unspecified atom stereocenters. The quantitative estimate of drug-likeness (QED) is 0.759. The molecule has 0 aliphatic heterocycles. The molecule has 2 heterocycles. The number of nitrogens with one attached hydrogen (secondary N) is 1. The highest BCUT2D eigenvalue weighted by molar-refractivity contribution is 9.10. The summed E-state index contributed by atoms with van der Waals surface area (Å²) in [6.07, 6.45) is 1.83. The summed E-state index contributed by atoms with van der Waals surface area (Å²) in [6, 6.07) is 10.4. The zero-order chi connectivity index (χ0) is 12.4. The van der Waals surface area contributed by atoms with Gasteiger partial charge >= 0.3 is 0 Å². The molecule has 0 aliphatic carbocycles. The molecule has 0 amide bonds. The molecule has 0 radical (unpaired) electrons. The van der Waals surface area contributed by atoms with E-state index < -0.39 is 0 Å². The van der Waals surface area contributed by atoms with E-state index in [9.17, 15) is 0 Å². The fourth-order valence-corrected chi connectivity index (χ4v) is 2.88. The van der Waals surface area contributed by atoms with E-state index in [0.29, 0.717) is 0 Å². The number of thiophene rings is 1. The second-order valence-corrected chi connectivity index (χ2v) is 5.71. The summed E-state index contributed by atoms with van der Waals surface area (Å²) in [5.41, 5.74) is 3.39. The maximum Gasteiger partial charge on any atom is 0.0934 e. The molecule has 0 spiro atoms. The highest BCUT2D eigenvalue weighted by atomic mass is 79.9. The summed E-state index contributed by atoms with van der Waals surface area (Å²) in [6.45, 7) is 0.834. The highest BCUT2D eigenvalue weighted by Gasteiger charge is 2.02. The first kappa shape index (κ1) is 11.7. The van der Waals surface area contributed by atoms with Crippen molar-refractivity contribution >= 4 is 43.9 Å². The third kappa shape index (κ3) is 2.40. The van der Waals surface area contributed by atoms with Crippen LogP contribution >= 0.6 is 27.3 Å². The molecule has 2 aromatic heterocycles. The molecule has 0 saturated heterocycles. The number of hydrogen-bond acceptors (Lipinski definition) is 3. The van der Waals surface area contributed by atoms with E-state index in [1.54, 1.807) is 11.3 Å². The van der Waals surface area contributed by atoms with Gasteiger partial charge in [-0.15, -0.1) is 0 Å². The Bertz CT molecular complexity index is 665. The van der Waals surface area contributed by atoms with Crippen molar-refractivity contribution < 1.29 is 0 Å². The number of nitrogens with zero attached hydrogens (tertiary/aromatic N) is 1. The minimum atomic E-state index is 0.834. The summed E-state index contributed by atoms with van der Waals surface area (Å²) in [7, 11) is 0. The van der Waals surface area contributed by atoms with E-state index in [0.717, 1.165) is 27.6 Å². The van der Waals surface area contributed by atoms with Gasteiger partial charge in [0.25, 0.3) is 0 Å². The lowest BCUT2D eigenvalue weighted by atomic mass is 10.2. The normalized spacial score (nSPS) is 10.7. The van der Waals surface area contributed by atoms with Crippen LogP contribution in [0.1, 0.15) is 5.56 Å². The lowest BCUT2D eigenvalue weighted by molar-refractivity contribution is 1.16.